The highest BCUT2D eigenvalue weighted by molar-refractivity contribution is 4.97. The van der Waals surface area contributed by atoms with Crippen LogP contribution in [0.5, 0.6) is 0 Å². The quantitative estimate of drug-likeness (QED) is 0.810. The topological polar surface area (TPSA) is 24.5 Å². The first-order chi connectivity index (χ1) is 9.68. The van der Waals surface area contributed by atoms with Crippen LogP contribution in [0.15, 0.2) is 0 Å². The largest absolute Gasteiger partial charge is 0.378 e. The molecule has 2 rings (SSSR count). The Morgan fingerprint density at radius 2 is 1.90 bits per heavy atom. The van der Waals surface area contributed by atoms with E-state index in [1.807, 2.05) is 0 Å². The molecular formula is C17H34N2O. The van der Waals surface area contributed by atoms with Gasteiger partial charge >= 0.3 is 0 Å². The Morgan fingerprint density at radius 1 is 1.15 bits per heavy atom. The van der Waals surface area contributed by atoms with Gasteiger partial charge in [-0.05, 0) is 38.0 Å². The highest BCUT2D eigenvalue weighted by Gasteiger charge is 2.38. The third-order valence-corrected chi connectivity index (χ3v) is 5.78. The Balaban J connectivity index is 2.01. The van der Waals surface area contributed by atoms with Crippen LogP contribution in [0.3, 0.4) is 0 Å². The first-order valence-electron chi connectivity index (χ1n) is 8.78. The second-order valence-corrected chi connectivity index (χ2v) is 6.73. The van der Waals surface area contributed by atoms with Gasteiger partial charge in [-0.3, -0.25) is 4.90 Å². The number of piperazine rings is 1. The van der Waals surface area contributed by atoms with Crippen molar-refractivity contribution >= 4 is 0 Å². The van der Waals surface area contributed by atoms with Crippen LogP contribution in [0, 0.1) is 5.92 Å². The number of rotatable bonds is 6. The van der Waals surface area contributed by atoms with E-state index in [1.165, 1.54) is 45.2 Å². The molecule has 0 bridgehead atoms. The van der Waals surface area contributed by atoms with Crippen molar-refractivity contribution in [3.05, 3.63) is 0 Å². The fourth-order valence-corrected chi connectivity index (χ4v) is 4.03. The molecule has 118 valence electrons. The van der Waals surface area contributed by atoms with Gasteiger partial charge in [0.15, 0.2) is 0 Å². The lowest BCUT2D eigenvalue weighted by Gasteiger charge is -2.48. The summed E-state index contributed by atoms with van der Waals surface area (Å²) in [5.41, 5.74) is 0.340. The number of nitrogens with zero attached hydrogens (tertiary/aromatic N) is 1. The average Bonchev–Trinajstić information content (AvgIpc) is 2.94. The molecule has 0 aromatic heterocycles. The van der Waals surface area contributed by atoms with Gasteiger partial charge in [0.05, 0.1) is 6.10 Å². The maximum atomic E-state index is 5.89. The van der Waals surface area contributed by atoms with Crippen molar-refractivity contribution in [2.24, 2.45) is 5.92 Å². The SMILES string of the molecule is CCC1OCCC1CN1CC(CC)(CC)NCC1CC. The molecule has 2 heterocycles. The van der Waals surface area contributed by atoms with Gasteiger partial charge in [0, 0.05) is 37.8 Å². The summed E-state index contributed by atoms with van der Waals surface area (Å²) < 4.78 is 5.89. The summed E-state index contributed by atoms with van der Waals surface area (Å²) in [5.74, 6) is 0.749. The summed E-state index contributed by atoms with van der Waals surface area (Å²) in [6, 6.07) is 0.708. The van der Waals surface area contributed by atoms with Crippen molar-refractivity contribution in [3.8, 4) is 0 Å². The second kappa shape index (κ2) is 7.24. The molecule has 0 spiro atoms. The van der Waals surface area contributed by atoms with Crippen LogP contribution < -0.4 is 5.32 Å². The van der Waals surface area contributed by atoms with Gasteiger partial charge in [0.25, 0.3) is 0 Å². The molecule has 3 atom stereocenters. The number of ether oxygens (including phenoxy) is 1. The minimum absolute atomic E-state index is 0.340. The molecule has 0 aromatic rings. The minimum Gasteiger partial charge on any atom is -0.378 e. The number of hydrogen-bond donors (Lipinski definition) is 1. The molecule has 0 aromatic carbocycles. The van der Waals surface area contributed by atoms with Crippen molar-refractivity contribution < 1.29 is 4.74 Å². The van der Waals surface area contributed by atoms with E-state index in [0.29, 0.717) is 17.7 Å². The molecule has 3 heteroatoms. The van der Waals surface area contributed by atoms with Gasteiger partial charge in [-0.2, -0.15) is 0 Å². The molecule has 2 fully saturated rings. The monoisotopic (exact) mass is 282 g/mol. The van der Waals surface area contributed by atoms with E-state index in [9.17, 15) is 0 Å². The fourth-order valence-electron chi connectivity index (χ4n) is 4.03. The summed E-state index contributed by atoms with van der Waals surface area (Å²) >= 11 is 0. The van der Waals surface area contributed by atoms with Crippen LogP contribution in [0.25, 0.3) is 0 Å². The minimum atomic E-state index is 0.340. The van der Waals surface area contributed by atoms with E-state index in [1.54, 1.807) is 0 Å². The summed E-state index contributed by atoms with van der Waals surface area (Å²) in [5, 5.41) is 3.84. The molecule has 2 aliphatic heterocycles. The van der Waals surface area contributed by atoms with Crippen LogP contribution in [0.2, 0.25) is 0 Å². The van der Waals surface area contributed by atoms with Crippen LogP contribution >= 0.6 is 0 Å². The van der Waals surface area contributed by atoms with E-state index in [-0.39, 0.29) is 0 Å². The van der Waals surface area contributed by atoms with Gasteiger partial charge in [0.2, 0.25) is 0 Å². The van der Waals surface area contributed by atoms with Crippen LogP contribution in [-0.4, -0.2) is 48.8 Å². The third-order valence-electron chi connectivity index (χ3n) is 5.78. The highest BCUT2D eigenvalue weighted by Crippen LogP contribution is 2.29. The Morgan fingerprint density at radius 3 is 2.50 bits per heavy atom. The van der Waals surface area contributed by atoms with Gasteiger partial charge in [-0.1, -0.05) is 27.7 Å². The Labute approximate surface area is 125 Å². The predicted molar refractivity (Wildman–Crippen MR) is 85.1 cm³/mol. The molecular weight excluding hydrogens is 248 g/mol. The predicted octanol–water partition coefficient (Wildman–Crippen LogP) is 3.04. The van der Waals surface area contributed by atoms with E-state index in [2.05, 4.69) is 37.9 Å². The van der Waals surface area contributed by atoms with Gasteiger partial charge in [-0.15, -0.1) is 0 Å². The standard InChI is InChI=1S/C17H34N2O/c1-5-15-11-18-17(7-3,8-4)13-19(15)12-14-9-10-20-16(14)6-2/h14-16,18H,5-13H2,1-4H3. The van der Waals surface area contributed by atoms with Crippen LogP contribution in [0.4, 0.5) is 0 Å². The Kier molecular flexibility index (Phi) is 5.88. The fraction of sp³-hybridized carbons (Fsp3) is 1.00. The smallest absolute Gasteiger partial charge is 0.0613 e. The first-order valence-corrected chi connectivity index (χ1v) is 8.78. The van der Waals surface area contributed by atoms with Crippen molar-refractivity contribution in [2.75, 3.05) is 26.2 Å². The molecule has 0 amide bonds. The van der Waals surface area contributed by atoms with Crippen LogP contribution in [0.1, 0.15) is 59.8 Å². The normalized spacial score (nSPS) is 34.5. The lowest BCUT2D eigenvalue weighted by molar-refractivity contribution is 0.0329. The van der Waals surface area contributed by atoms with Crippen molar-refractivity contribution in [1.29, 1.82) is 0 Å². The molecule has 0 aliphatic carbocycles. The molecule has 0 saturated carbocycles. The Bertz CT molecular complexity index is 291. The average molecular weight is 282 g/mol. The Hall–Kier alpha value is -0.120. The molecule has 3 nitrogen and oxygen atoms in total. The summed E-state index contributed by atoms with van der Waals surface area (Å²) in [6.45, 7) is 13.8. The molecule has 3 unspecified atom stereocenters. The lowest BCUT2D eigenvalue weighted by atomic mass is 9.87. The number of hydrogen-bond acceptors (Lipinski definition) is 3. The second-order valence-electron chi connectivity index (χ2n) is 6.73. The molecule has 1 N–H and O–H groups in total. The molecule has 2 saturated heterocycles. The third kappa shape index (κ3) is 3.37. The lowest BCUT2D eigenvalue weighted by Crippen LogP contribution is -2.64. The summed E-state index contributed by atoms with van der Waals surface area (Å²) in [7, 11) is 0. The molecule has 0 radical (unpaired) electrons. The zero-order valence-electron chi connectivity index (χ0n) is 14.0. The van der Waals surface area contributed by atoms with Crippen molar-refractivity contribution in [3.63, 3.8) is 0 Å². The zero-order chi connectivity index (χ0) is 14.6. The first kappa shape index (κ1) is 16.3. The maximum absolute atomic E-state index is 5.89. The highest BCUT2D eigenvalue weighted by atomic mass is 16.5. The maximum Gasteiger partial charge on any atom is 0.0613 e. The number of nitrogens with one attached hydrogen (secondary N) is 1. The van der Waals surface area contributed by atoms with E-state index in [4.69, 9.17) is 4.74 Å². The van der Waals surface area contributed by atoms with E-state index >= 15 is 0 Å². The zero-order valence-corrected chi connectivity index (χ0v) is 14.0. The molecule has 20 heavy (non-hydrogen) atoms. The van der Waals surface area contributed by atoms with E-state index in [0.717, 1.165) is 19.1 Å². The van der Waals surface area contributed by atoms with Crippen LogP contribution in [-0.2, 0) is 4.74 Å². The van der Waals surface area contributed by atoms with Gasteiger partial charge in [0.1, 0.15) is 0 Å². The van der Waals surface area contributed by atoms with Crippen molar-refractivity contribution in [2.45, 2.75) is 77.5 Å². The van der Waals surface area contributed by atoms with Gasteiger partial charge in [-0.25, -0.2) is 0 Å². The summed E-state index contributed by atoms with van der Waals surface area (Å²) in [4.78, 5) is 2.77. The molecule has 2 aliphatic rings. The summed E-state index contributed by atoms with van der Waals surface area (Å²) in [6.07, 6.45) is 6.63. The van der Waals surface area contributed by atoms with E-state index < -0.39 is 0 Å². The van der Waals surface area contributed by atoms with Gasteiger partial charge < -0.3 is 10.1 Å². The van der Waals surface area contributed by atoms with Crippen molar-refractivity contribution in [1.82, 2.24) is 10.2 Å².